The molecule has 40 heavy (non-hydrogen) atoms. The molecule has 0 saturated carbocycles. The summed E-state index contributed by atoms with van der Waals surface area (Å²) in [4.78, 5) is 38.5. The van der Waals surface area contributed by atoms with Gasteiger partial charge < -0.3 is 24.9 Å². The SMILES string of the molecule is COc1cc(OC)c(Cl)c(-c2ccc(C(=O)O)c3nccnc23)c1Cl.NC(=O)c1ccc(Cn2ccnc2)cn1. The number of aromatic carboxylic acids is 1. The number of methoxy groups -OCH3 is 2. The number of fused-ring (bicyclic) bond motifs is 1. The third kappa shape index (κ3) is 5.95. The van der Waals surface area contributed by atoms with Crippen LogP contribution in [0.25, 0.3) is 22.2 Å². The summed E-state index contributed by atoms with van der Waals surface area (Å²) in [5.41, 5.74) is 7.96. The van der Waals surface area contributed by atoms with E-state index in [2.05, 4.69) is 19.9 Å². The molecule has 5 aromatic rings. The Morgan fingerprint density at radius 3 is 2.15 bits per heavy atom. The number of amides is 1. The lowest BCUT2D eigenvalue weighted by atomic mass is 10.00. The molecule has 5 rings (SSSR count). The average molecular weight is 581 g/mol. The normalized spacial score (nSPS) is 10.5. The van der Waals surface area contributed by atoms with Gasteiger partial charge in [0, 0.05) is 54.7 Å². The van der Waals surface area contributed by atoms with Crippen molar-refractivity contribution in [3.8, 4) is 22.6 Å². The molecule has 0 saturated heterocycles. The first-order valence-electron chi connectivity index (χ1n) is 11.5. The summed E-state index contributed by atoms with van der Waals surface area (Å²) in [5.74, 6) is -0.865. The fourth-order valence-corrected chi connectivity index (χ4v) is 4.51. The van der Waals surface area contributed by atoms with Gasteiger partial charge in [0.1, 0.15) is 22.7 Å². The van der Waals surface area contributed by atoms with E-state index in [-0.39, 0.29) is 26.8 Å². The molecule has 0 fully saturated rings. The molecule has 11 nitrogen and oxygen atoms in total. The van der Waals surface area contributed by atoms with Gasteiger partial charge >= 0.3 is 5.97 Å². The van der Waals surface area contributed by atoms with Crippen LogP contribution in [0.3, 0.4) is 0 Å². The van der Waals surface area contributed by atoms with Crippen molar-refractivity contribution in [2.24, 2.45) is 5.73 Å². The zero-order valence-electron chi connectivity index (χ0n) is 21.2. The molecule has 3 heterocycles. The number of carboxylic acids is 1. The highest BCUT2D eigenvalue weighted by Gasteiger charge is 2.22. The number of imidazole rings is 1. The molecule has 204 valence electrons. The van der Waals surface area contributed by atoms with Crippen molar-refractivity contribution in [2.45, 2.75) is 6.54 Å². The van der Waals surface area contributed by atoms with Crippen molar-refractivity contribution in [1.29, 1.82) is 0 Å². The van der Waals surface area contributed by atoms with Crippen molar-refractivity contribution in [1.82, 2.24) is 24.5 Å². The van der Waals surface area contributed by atoms with Crippen LogP contribution in [0.4, 0.5) is 0 Å². The number of pyridine rings is 1. The fraction of sp³-hybridized carbons (Fsp3) is 0.111. The smallest absolute Gasteiger partial charge is 0.337 e. The number of ether oxygens (including phenoxy) is 2. The lowest BCUT2D eigenvalue weighted by molar-refractivity contribution is 0.0698. The average Bonchev–Trinajstić information content (AvgIpc) is 3.47. The molecule has 0 unspecified atom stereocenters. The predicted molar refractivity (Wildman–Crippen MR) is 149 cm³/mol. The third-order valence-corrected chi connectivity index (χ3v) is 6.45. The minimum Gasteiger partial charge on any atom is -0.495 e. The first kappa shape index (κ1) is 28.3. The zero-order valence-corrected chi connectivity index (χ0v) is 22.7. The number of carbonyl (C=O) groups excluding carboxylic acids is 1. The summed E-state index contributed by atoms with van der Waals surface area (Å²) in [6, 6.07) is 8.05. The maximum atomic E-state index is 11.4. The maximum Gasteiger partial charge on any atom is 0.337 e. The largest absolute Gasteiger partial charge is 0.495 e. The van der Waals surface area contributed by atoms with Crippen LogP contribution in [0.1, 0.15) is 26.4 Å². The summed E-state index contributed by atoms with van der Waals surface area (Å²) < 4.78 is 12.5. The van der Waals surface area contributed by atoms with E-state index < -0.39 is 11.9 Å². The van der Waals surface area contributed by atoms with Crippen molar-refractivity contribution in [3.05, 3.63) is 94.5 Å². The van der Waals surface area contributed by atoms with Crippen LogP contribution in [-0.2, 0) is 6.54 Å². The predicted octanol–water partition coefficient (Wildman–Crippen LogP) is 4.74. The number of nitrogens with zero attached hydrogens (tertiary/aromatic N) is 5. The van der Waals surface area contributed by atoms with E-state index in [9.17, 15) is 14.7 Å². The standard InChI is InChI=1S/C17H12Cl2N2O4.C10H10N4O/c1-24-10-7-11(25-2)14(19)12(13(10)18)8-3-4-9(17(22)23)16-15(8)20-5-6-21-16;11-10(15)9-2-1-8(5-13-9)6-14-4-3-12-7-14/h3-7H,1-2H3,(H,22,23);1-5,7H,6H2,(H2,11,15). The van der Waals surface area contributed by atoms with Crippen molar-refractivity contribution in [3.63, 3.8) is 0 Å². The first-order chi connectivity index (χ1) is 19.2. The van der Waals surface area contributed by atoms with Crippen LogP contribution in [-0.4, -0.2) is 55.7 Å². The number of carboxylic acid groups (broad SMARTS) is 1. The van der Waals surface area contributed by atoms with Gasteiger partial charge in [-0.1, -0.05) is 35.3 Å². The second-order valence-electron chi connectivity index (χ2n) is 8.15. The zero-order chi connectivity index (χ0) is 28.8. The Morgan fingerprint density at radius 2 is 1.62 bits per heavy atom. The van der Waals surface area contributed by atoms with Gasteiger partial charge in [-0.15, -0.1) is 0 Å². The van der Waals surface area contributed by atoms with Crippen LogP contribution in [0.15, 0.2) is 67.6 Å². The van der Waals surface area contributed by atoms with Crippen molar-refractivity contribution in [2.75, 3.05) is 14.2 Å². The lowest BCUT2D eigenvalue weighted by Crippen LogP contribution is -2.13. The Bertz CT molecular complexity index is 1650. The van der Waals surface area contributed by atoms with Gasteiger partial charge in [-0.05, 0) is 17.7 Å². The van der Waals surface area contributed by atoms with E-state index >= 15 is 0 Å². The topological polar surface area (TPSA) is 155 Å². The van der Waals surface area contributed by atoms with Crippen molar-refractivity contribution >= 4 is 46.1 Å². The van der Waals surface area contributed by atoms with E-state index in [1.54, 1.807) is 36.9 Å². The summed E-state index contributed by atoms with van der Waals surface area (Å²) >= 11 is 12.9. The van der Waals surface area contributed by atoms with Crippen LogP contribution < -0.4 is 15.2 Å². The van der Waals surface area contributed by atoms with E-state index in [1.807, 2.05) is 16.8 Å². The molecule has 0 aliphatic rings. The molecule has 3 aromatic heterocycles. The molecule has 0 aliphatic carbocycles. The van der Waals surface area contributed by atoms with Crippen LogP contribution >= 0.6 is 23.2 Å². The summed E-state index contributed by atoms with van der Waals surface area (Å²) in [6.45, 7) is 0.687. The number of nitrogens with two attached hydrogens (primary N) is 1. The minimum absolute atomic E-state index is 0.0361. The molecule has 0 aliphatic heterocycles. The first-order valence-corrected chi connectivity index (χ1v) is 12.3. The van der Waals surface area contributed by atoms with Gasteiger partial charge in [0.2, 0.25) is 0 Å². The van der Waals surface area contributed by atoms with Gasteiger partial charge in [0.15, 0.2) is 0 Å². The van der Waals surface area contributed by atoms with Crippen molar-refractivity contribution < 1.29 is 24.2 Å². The fourth-order valence-electron chi connectivity index (χ4n) is 3.81. The molecule has 0 radical (unpaired) electrons. The van der Waals surface area contributed by atoms with Crippen LogP contribution in [0, 0.1) is 0 Å². The van der Waals surface area contributed by atoms with Crippen LogP contribution in [0.2, 0.25) is 10.0 Å². The third-order valence-electron chi connectivity index (χ3n) is 5.70. The highest BCUT2D eigenvalue weighted by atomic mass is 35.5. The molecule has 0 bridgehead atoms. The molecular formula is C27H22Cl2N6O5. The Labute approximate surface area is 238 Å². The number of halogens is 2. The summed E-state index contributed by atoms with van der Waals surface area (Å²) in [5, 5.41) is 9.89. The Hall–Kier alpha value is -4.74. The Morgan fingerprint density at radius 1 is 0.950 bits per heavy atom. The van der Waals surface area contributed by atoms with Crippen LogP contribution in [0.5, 0.6) is 11.5 Å². The summed E-state index contributed by atoms with van der Waals surface area (Å²) in [6.07, 6.45) is 9.83. The molecule has 1 amide bonds. The molecule has 0 atom stereocenters. The van der Waals surface area contributed by atoms with Gasteiger partial charge in [0.05, 0.1) is 41.7 Å². The van der Waals surface area contributed by atoms with Gasteiger partial charge in [-0.25, -0.2) is 9.78 Å². The van der Waals surface area contributed by atoms with E-state index in [1.165, 1.54) is 32.7 Å². The highest BCUT2D eigenvalue weighted by Crippen LogP contribution is 2.47. The molecule has 13 heteroatoms. The van der Waals surface area contributed by atoms with E-state index in [0.29, 0.717) is 34.7 Å². The number of aromatic nitrogens is 5. The Kier molecular flexibility index (Phi) is 8.77. The molecule has 0 spiro atoms. The maximum absolute atomic E-state index is 11.4. The minimum atomic E-state index is -1.10. The second kappa shape index (κ2) is 12.4. The van der Waals surface area contributed by atoms with E-state index in [4.69, 9.17) is 38.4 Å². The van der Waals surface area contributed by atoms with Gasteiger partial charge in [-0.3, -0.25) is 19.7 Å². The number of rotatable bonds is 7. The van der Waals surface area contributed by atoms with Gasteiger partial charge in [0.25, 0.3) is 5.91 Å². The molecule has 2 aromatic carbocycles. The number of hydrogen-bond acceptors (Lipinski definition) is 8. The monoisotopic (exact) mass is 580 g/mol. The quantitative estimate of drug-likeness (QED) is 0.277. The summed E-state index contributed by atoms with van der Waals surface area (Å²) in [7, 11) is 2.95. The second-order valence-corrected chi connectivity index (χ2v) is 8.91. The number of primary amides is 1. The molecule has 3 N–H and O–H groups in total. The Balaban J connectivity index is 0.000000210. The highest BCUT2D eigenvalue weighted by molar-refractivity contribution is 6.41. The number of benzene rings is 2. The number of carbonyl (C=O) groups is 2. The molecular weight excluding hydrogens is 559 g/mol. The number of hydrogen-bond donors (Lipinski definition) is 2. The lowest BCUT2D eigenvalue weighted by Gasteiger charge is -2.16. The van der Waals surface area contributed by atoms with Gasteiger partial charge in [-0.2, -0.15) is 0 Å². The van der Waals surface area contributed by atoms with E-state index in [0.717, 1.165) is 5.56 Å².